The predicted octanol–water partition coefficient (Wildman–Crippen LogP) is 2.78. The second-order valence-electron chi connectivity index (χ2n) is 7.30. The molecule has 2 saturated heterocycles. The molecule has 1 unspecified atom stereocenters. The van der Waals surface area contributed by atoms with E-state index in [4.69, 9.17) is 4.74 Å². The van der Waals surface area contributed by atoms with Gasteiger partial charge >= 0.3 is 0 Å². The van der Waals surface area contributed by atoms with E-state index in [1.54, 1.807) is 12.1 Å². The number of rotatable bonds is 6. The molecule has 2 amide bonds. The molecule has 0 spiro atoms. The summed E-state index contributed by atoms with van der Waals surface area (Å²) < 4.78 is 6.69. The van der Waals surface area contributed by atoms with Gasteiger partial charge in [0, 0.05) is 37.2 Å². The Morgan fingerprint density at radius 3 is 2.31 bits per heavy atom. The molecule has 2 aromatic carbocycles. The number of anilines is 1. The lowest BCUT2D eigenvalue weighted by molar-refractivity contribution is -0.123. The number of benzene rings is 2. The molecule has 2 aliphatic heterocycles. The number of halogens is 1. The second kappa shape index (κ2) is 9.07. The minimum Gasteiger partial charge on any atom is -0.492 e. The maximum absolute atomic E-state index is 12.9. The minimum absolute atomic E-state index is 0.113. The molecule has 7 heteroatoms. The molecule has 2 aromatic rings. The quantitative estimate of drug-likeness (QED) is 0.624. The third-order valence-electron chi connectivity index (χ3n) is 5.47. The van der Waals surface area contributed by atoms with E-state index in [-0.39, 0.29) is 24.3 Å². The monoisotopic (exact) mass is 457 g/mol. The number of carbonyl (C=O) groups excluding carboxylic acids is 2. The molecule has 0 saturated carbocycles. The zero-order chi connectivity index (χ0) is 20.2. The van der Waals surface area contributed by atoms with Crippen LogP contribution in [-0.2, 0) is 9.59 Å². The Bertz CT molecular complexity index is 851. The second-order valence-corrected chi connectivity index (χ2v) is 8.22. The fraction of sp³-hybridized carbons (Fsp3) is 0.364. The van der Waals surface area contributed by atoms with Crippen LogP contribution in [0.2, 0.25) is 0 Å². The lowest BCUT2D eigenvalue weighted by Crippen LogP contribution is -2.53. The van der Waals surface area contributed by atoms with Crippen LogP contribution < -0.4 is 9.64 Å². The molecule has 29 heavy (non-hydrogen) atoms. The van der Waals surface area contributed by atoms with Crippen molar-refractivity contribution in [3.63, 3.8) is 0 Å². The van der Waals surface area contributed by atoms with Gasteiger partial charge in [-0.05, 0) is 36.4 Å². The van der Waals surface area contributed by atoms with E-state index in [0.29, 0.717) is 12.3 Å². The van der Waals surface area contributed by atoms with Crippen molar-refractivity contribution in [1.29, 1.82) is 0 Å². The molecule has 6 nitrogen and oxygen atoms in total. The van der Waals surface area contributed by atoms with Gasteiger partial charge < -0.3 is 4.74 Å². The van der Waals surface area contributed by atoms with Crippen LogP contribution in [0.1, 0.15) is 6.42 Å². The van der Waals surface area contributed by atoms with Gasteiger partial charge in [-0.25, -0.2) is 4.90 Å². The fourth-order valence-corrected chi connectivity index (χ4v) is 4.13. The highest BCUT2D eigenvalue weighted by Gasteiger charge is 2.43. The first kappa shape index (κ1) is 20.1. The third kappa shape index (κ3) is 4.69. The Kier molecular flexibility index (Phi) is 6.28. The van der Waals surface area contributed by atoms with Crippen molar-refractivity contribution >= 4 is 33.4 Å². The highest BCUT2D eigenvalue weighted by molar-refractivity contribution is 9.10. The van der Waals surface area contributed by atoms with Crippen molar-refractivity contribution < 1.29 is 14.3 Å². The van der Waals surface area contributed by atoms with Crippen molar-refractivity contribution in [2.75, 3.05) is 44.2 Å². The molecular weight excluding hydrogens is 434 g/mol. The summed E-state index contributed by atoms with van der Waals surface area (Å²) in [7, 11) is 0. The Morgan fingerprint density at radius 1 is 0.931 bits per heavy atom. The van der Waals surface area contributed by atoms with Crippen molar-refractivity contribution in [1.82, 2.24) is 9.80 Å². The summed E-state index contributed by atoms with van der Waals surface area (Å²) in [6.45, 7) is 4.79. The van der Waals surface area contributed by atoms with Crippen molar-refractivity contribution in [2.24, 2.45) is 0 Å². The fourth-order valence-electron chi connectivity index (χ4n) is 3.87. The van der Waals surface area contributed by atoms with Crippen LogP contribution in [-0.4, -0.2) is 67.0 Å². The van der Waals surface area contributed by atoms with E-state index in [0.717, 1.165) is 42.9 Å². The molecule has 1 atom stereocenters. The first-order valence-corrected chi connectivity index (χ1v) is 10.7. The number of hydrogen-bond acceptors (Lipinski definition) is 5. The summed E-state index contributed by atoms with van der Waals surface area (Å²) in [5, 5.41) is 0. The number of hydrogen-bond donors (Lipinski definition) is 0. The van der Waals surface area contributed by atoms with E-state index in [9.17, 15) is 9.59 Å². The van der Waals surface area contributed by atoms with Crippen molar-refractivity contribution in [3.05, 3.63) is 59.1 Å². The maximum atomic E-state index is 12.9. The highest BCUT2D eigenvalue weighted by atomic mass is 79.9. The zero-order valence-electron chi connectivity index (χ0n) is 16.2. The SMILES string of the molecule is O=C1CC(N2CCN(CCOc3ccccc3)CC2)C(=O)N1c1ccc(Br)cc1. The van der Waals surface area contributed by atoms with Crippen molar-refractivity contribution in [2.45, 2.75) is 12.5 Å². The van der Waals surface area contributed by atoms with Crippen molar-refractivity contribution in [3.8, 4) is 5.75 Å². The molecule has 0 N–H and O–H groups in total. The van der Waals surface area contributed by atoms with Gasteiger partial charge in [0.1, 0.15) is 12.4 Å². The van der Waals surface area contributed by atoms with Gasteiger partial charge in [-0.3, -0.25) is 19.4 Å². The van der Waals surface area contributed by atoms with Gasteiger partial charge in [0.25, 0.3) is 5.91 Å². The Morgan fingerprint density at radius 2 is 1.62 bits per heavy atom. The first-order chi connectivity index (χ1) is 14.1. The number of carbonyl (C=O) groups is 2. The van der Waals surface area contributed by atoms with Crippen LogP contribution in [0, 0.1) is 0 Å². The van der Waals surface area contributed by atoms with E-state index >= 15 is 0 Å². The van der Waals surface area contributed by atoms with Gasteiger partial charge in [0.05, 0.1) is 18.2 Å². The zero-order valence-corrected chi connectivity index (χ0v) is 17.8. The number of amides is 2. The van der Waals surface area contributed by atoms with E-state index < -0.39 is 0 Å². The molecule has 152 valence electrons. The molecule has 2 aliphatic rings. The van der Waals surface area contributed by atoms with Crippen LogP contribution in [0.15, 0.2) is 59.1 Å². The number of para-hydroxylation sites is 1. The maximum Gasteiger partial charge on any atom is 0.251 e. The Balaban J connectivity index is 1.28. The Hall–Kier alpha value is -2.22. The number of ether oxygens (including phenoxy) is 1. The lowest BCUT2D eigenvalue weighted by Gasteiger charge is -2.36. The summed E-state index contributed by atoms with van der Waals surface area (Å²) >= 11 is 3.39. The number of nitrogens with zero attached hydrogens (tertiary/aromatic N) is 3. The normalized spacial score (nSPS) is 21.0. The number of piperazine rings is 1. The smallest absolute Gasteiger partial charge is 0.251 e. The Labute approximate surface area is 179 Å². The predicted molar refractivity (Wildman–Crippen MR) is 115 cm³/mol. The van der Waals surface area contributed by atoms with Crippen LogP contribution >= 0.6 is 15.9 Å². The lowest BCUT2D eigenvalue weighted by atomic mass is 10.1. The van der Waals surface area contributed by atoms with Gasteiger partial charge in [0.15, 0.2) is 0 Å². The molecule has 0 aromatic heterocycles. The van der Waals surface area contributed by atoms with Crippen LogP contribution in [0.4, 0.5) is 5.69 Å². The standard InChI is InChI=1S/C22H24BrN3O3/c23-17-6-8-18(9-7-17)26-21(27)16-20(22(26)28)25-12-10-24(11-13-25)14-15-29-19-4-2-1-3-5-19/h1-9,20H,10-16H2. The summed E-state index contributed by atoms with van der Waals surface area (Å²) in [5.74, 6) is 0.647. The molecule has 2 heterocycles. The number of imide groups is 1. The van der Waals surface area contributed by atoms with Crippen LogP contribution in [0.25, 0.3) is 0 Å². The largest absolute Gasteiger partial charge is 0.492 e. The summed E-state index contributed by atoms with van der Waals surface area (Å²) in [4.78, 5) is 31.2. The van der Waals surface area contributed by atoms with Gasteiger partial charge in [-0.15, -0.1) is 0 Å². The van der Waals surface area contributed by atoms with E-state index in [1.165, 1.54) is 4.90 Å². The molecule has 0 bridgehead atoms. The van der Waals surface area contributed by atoms with E-state index in [1.807, 2.05) is 42.5 Å². The average Bonchev–Trinajstić information content (AvgIpc) is 3.04. The summed E-state index contributed by atoms with van der Waals surface area (Å²) in [5.41, 5.74) is 0.641. The van der Waals surface area contributed by atoms with Gasteiger partial charge in [-0.1, -0.05) is 34.1 Å². The molecular formula is C22H24BrN3O3. The van der Waals surface area contributed by atoms with Gasteiger partial charge in [0.2, 0.25) is 5.91 Å². The van der Waals surface area contributed by atoms with Crippen LogP contribution in [0.5, 0.6) is 5.75 Å². The third-order valence-corrected chi connectivity index (χ3v) is 6.00. The summed E-state index contributed by atoms with van der Waals surface area (Å²) in [6.07, 6.45) is 0.256. The van der Waals surface area contributed by atoms with E-state index in [2.05, 4.69) is 25.7 Å². The molecule has 4 rings (SSSR count). The minimum atomic E-state index is -0.353. The van der Waals surface area contributed by atoms with Crippen LogP contribution in [0.3, 0.4) is 0 Å². The first-order valence-electron chi connectivity index (χ1n) is 9.88. The molecule has 0 radical (unpaired) electrons. The highest BCUT2D eigenvalue weighted by Crippen LogP contribution is 2.27. The van der Waals surface area contributed by atoms with Gasteiger partial charge in [-0.2, -0.15) is 0 Å². The molecule has 0 aliphatic carbocycles. The topological polar surface area (TPSA) is 53.1 Å². The summed E-state index contributed by atoms with van der Waals surface area (Å²) in [6, 6.07) is 16.7. The average molecular weight is 458 g/mol. The molecule has 2 fully saturated rings.